The molecule has 2 amide bonds. The lowest BCUT2D eigenvalue weighted by Crippen LogP contribution is -2.40. The van der Waals surface area contributed by atoms with E-state index in [-0.39, 0.29) is 11.5 Å². The molecule has 1 aliphatic heterocycles. The van der Waals surface area contributed by atoms with Crippen molar-refractivity contribution in [1.82, 2.24) is 10.2 Å². The molecule has 2 aromatic carbocycles. The minimum Gasteiger partial charge on any atom is -0.325 e. The summed E-state index contributed by atoms with van der Waals surface area (Å²) in [5.41, 5.74) is 1.37. The molecule has 0 saturated carbocycles. The van der Waals surface area contributed by atoms with Crippen molar-refractivity contribution < 1.29 is 22.8 Å². The van der Waals surface area contributed by atoms with E-state index in [0.29, 0.717) is 17.7 Å². The number of hydrogen-bond donors (Lipinski definition) is 2. The minimum atomic E-state index is -5.09. The zero-order chi connectivity index (χ0) is 20.7. The molecule has 1 heterocycles. The number of benzene rings is 2. The van der Waals surface area contributed by atoms with Gasteiger partial charge in [0.2, 0.25) is 0 Å². The number of fused-ring (bicyclic) bond motifs is 1. The van der Waals surface area contributed by atoms with Gasteiger partial charge in [-0.05, 0) is 31.0 Å². The second-order valence-electron chi connectivity index (χ2n) is 7.02. The van der Waals surface area contributed by atoms with E-state index in [2.05, 4.69) is 0 Å². The lowest BCUT2D eigenvalue weighted by molar-refractivity contribution is -0.171. The Morgan fingerprint density at radius 1 is 1.14 bits per heavy atom. The summed E-state index contributed by atoms with van der Waals surface area (Å²) in [5.74, 6) is -3.21. The van der Waals surface area contributed by atoms with Crippen LogP contribution in [0.5, 0.6) is 0 Å². The van der Waals surface area contributed by atoms with Gasteiger partial charge in [0.05, 0.1) is 5.54 Å². The van der Waals surface area contributed by atoms with Crippen LogP contribution in [0.2, 0.25) is 0 Å². The van der Waals surface area contributed by atoms with Crippen LogP contribution in [0.25, 0.3) is 0 Å². The Bertz CT molecular complexity index is 953. The number of amides is 2. The van der Waals surface area contributed by atoms with Gasteiger partial charge in [-0.3, -0.25) is 15.0 Å². The van der Waals surface area contributed by atoms with Crippen LogP contribution in [-0.2, 0) is 16.9 Å². The van der Waals surface area contributed by atoms with E-state index < -0.39 is 23.5 Å². The van der Waals surface area contributed by atoms with E-state index in [1.807, 2.05) is 44.2 Å². The quantitative estimate of drug-likeness (QED) is 0.622. The molecule has 1 aliphatic rings. The second-order valence-corrected chi connectivity index (χ2v) is 7.02. The first-order valence-corrected chi connectivity index (χ1v) is 8.49. The van der Waals surface area contributed by atoms with Crippen molar-refractivity contribution >= 4 is 17.6 Å². The van der Waals surface area contributed by atoms with Gasteiger partial charge in [-0.1, -0.05) is 42.5 Å². The van der Waals surface area contributed by atoms with Crippen molar-refractivity contribution in [2.75, 3.05) is 0 Å². The number of nitrogens with zero attached hydrogens (tertiary/aromatic N) is 1. The maximum Gasteiger partial charge on any atom is 0.471 e. The summed E-state index contributed by atoms with van der Waals surface area (Å²) in [5, 5.41) is 9.25. The van der Waals surface area contributed by atoms with Gasteiger partial charge in [-0.25, -0.2) is 0 Å². The van der Waals surface area contributed by atoms with E-state index in [1.165, 1.54) is 17.4 Å². The van der Waals surface area contributed by atoms with Crippen LogP contribution in [0.3, 0.4) is 0 Å². The average Bonchev–Trinajstić information content (AvgIpc) is 2.82. The molecule has 28 heavy (non-hydrogen) atoms. The van der Waals surface area contributed by atoms with E-state index in [9.17, 15) is 22.8 Å². The molecule has 3 rings (SSSR count). The number of hydrogen-bond acceptors (Lipinski definition) is 3. The van der Waals surface area contributed by atoms with Crippen molar-refractivity contribution in [2.24, 2.45) is 0 Å². The summed E-state index contributed by atoms with van der Waals surface area (Å²) >= 11 is 0. The summed E-state index contributed by atoms with van der Waals surface area (Å²) in [7, 11) is 0. The lowest BCUT2D eigenvalue weighted by atomic mass is 9.92. The largest absolute Gasteiger partial charge is 0.471 e. The monoisotopic (exact) mass is 389 g/mol. The molecule has 5 nitrogen and oxygen atoms in total. The molecule has 0 spiro atoms. The highest BCUT2D eigenvalue weighted by atomic mass is 19.4. The predicted molar refractivity (Wildman–Crippen MR) is 96.8 cm³/mol. The molecule has 2 aromatic rings. The SMILES string of the molecule is CC1(C)c2ccc(C(=N)NC(=O)C(F)(F)F)cc2C(=O)N1Cc1ccccc1. The molecule has 0 fully saturated rings. The maximum absolute atomic E-state index is 13.0. The van der Waals surface area contributed by atoms with Crippen molar-refractivity contribution in [2.45, 2.75) is 32.1 Å². The van der Waals surface area contributed by atoms with Gasteiger partial charge >= 0.3 is 12.1 Å². The second kappa shape index (κ2) is 6.78. The molecule has 0 aliphatic carbocycles. The van der Waals surface area contributed by atoms with Gasteiger partial charge in [0.25, 0.3) is 5.91 Å². The summed E-state index contributed by atoms with van der Waals surface area (Å²) in [6.07, 6.45) is -5.09. The van der Waals surface area contributed by atoms with Gasteiger partial charge in [0, 0.05) is 17.7 Å². The molecule has 146 valence electrons. The summed E-state index contributed by atoms with van der Waals surface area (Å²) < 4.78 is 37.2. The molecule has 8 heteroatoms. The zero-order valence-electron chi connectivity index (χ0n) is 15.2. The fraction of sp³-hybridized carbons (Fsp3) is 0.250. The van der Waals surface area contributed by atoms with Crippen LogP contribution in [0.15, 0.2) is 48.5 Å². The Morgan fingerprint density at radius 3 is 2.39 bits per heavy atom. The Balaban J connectivity index is 1.88. The van der Waals surface area contributed by atoms with Crippen LogP contribution in [0, 0.1) is 5.41 Å². The standard InChI is InChI=1S/C20H18F3N3O2/c1-19(2)15-9-8-13(16(24)25-18(28)20(21,22)23)10-14(15)17(27)26(19)11-12-6-4-3-5-7-12/h3-10H,11H2,1-2H3,(H2,24,25,28). The molecule has 0 aromatic heterocycles. The molecule has 0 radical (unpaired) electrons. The maximum atomic E-state index is 13.0. The normalized spacial score (nSPS) is 15.3. The number of halogens is 3. The third kappa shape index (κ3) is 3.49. The first-order chi connectivity index (χ1) is 13.0. The van der Waals surface area contributed by atoms with E-state index >= 15 is 0 Å². The molecule has 0 atom stereocenters. The van der Waals surface area contributed by atoms with Gasteiger partial charge < -0.3 is 10.2 Å². The molecule has 0 bridgehead atoms. The third-order valence-corrected chi connectivity index (χ3v) is 4.80. The molecular weight excluding hydrogens is 371 g/mol. The molecule has 0 saturated heterocycles. The summed E-state index contributed by atoms with van der Waals surface area (Å²) in [6, 6.07) is 13.8. The fourth-order valence-corrected chi connectivity index (χ4v) is 3.25. The molecular formula is C20H18F3N3O2. The topological polar surface area (TPSA) is 73.3 Å². The van der Waals surface area contributed by atoms with E-state index in [0.717, 1.165) is 5.56 Å². The highest BCUT2D eigenvalue weighted by molar-refractivity contribution is 6.09. The van der Waals surface area contributed by atoms with E-state index in [1.54, 1.807) is 11.0 Å². The fourth-order valence-electron chi connectivity index (χ4n) is 3.25. The number of rotatable bonds is 3. The summed E-state index contributed by atoms with van der Waals surface area (Å²) in [6.45, 7) is 4.14. The first-order valence-electron chi connectivity index (χ1n) is 8.49. The Morgan fingerprint density at radius 2 is 1.79 bits per heavy atom. The highest BCUT2D eigenvalue weighted by Crippen LogP contribution is 2.40. The number of carbonyl (C=O) groups is 2. The Kier molecular flexibility index (Phi) is 4.74. The smallest absolute Gasteiger partial charge is 0.325 e. The van der Waals surface area contributed by atoms with Crippen LogP contribution >= 0.6 is 0 Å². The van der Waals surface area contributed by atoms with Crippen LogP contribution in [0.4, 0.5) is 13.2 Å². The van der Waals surface area contributed by atoms with Crippen molar-refractivity contribution in [3.63, 3.8) is 0 Å². The van der Waals surface area contributed by atoms with Gasteiger partial charge in [-0.15, -0.1) is 0 Å². The van der Waals surface area contributed by atoms with Crippen LogP contribution in [-0.4, -0.2) is 28.7 Å². The first kappa shape index (κ1) is 19.6. The number of nitrogens with one attached hydrogen (secondary N) is 2. The Labute approximate surface area is 159 Å². The number of carbonyl (C=O) groups excluding carboxylic acids is 2. The minimum absolute atomic E-state index is 0.0297. The lowest BCUT2D eigenvalue weighted by Gasteiger charge is -2.32. The number of amidine groups is 1. The predicted octanol–water partition coefficient (Wildman–Crippen LogP) is 3.58. The number of alkyl halides is 3. The van der Waals surface area contributed by atoms with Crippen LogP contribution in [0.1, 0.15) is 40.9 Å². The third-order valence-electron chi connectivity index (χ3n) is 4.80. The molecule has 0 unspecified atom stereocenters. The van der Waals surface area contributed by atoms with Crippen molar-refractivity contribution in [3.05, 3.63) is 70.8 Å². The Hall–Kier alpha value is -3.16. The van der Waals surface area contributed by atoms with Crippen molar-refractivity contribution in [1.29, 1.82) is 5.41 Å². The van der Waals surface area contributed by atoms with Gasteiger partial charge in [0.1, 0.15) is 5.84 Å². The van der Waals surface area contributed by atoms with E-state index in [4.69, 9.17) is 5.41 Å². The zero-order valence-corrected chi connectivity index (χ0v) is 15.2. The summed E-state index contributed by atoms with van der Waals surface area (Å²) in [4.78, 5) is 25.7. The van der Waals surface area contributed by atoms with Crippen molar-refractivity contribution in [3.8, 4) is 0 Å². The average molecular weight is 389 g/mol. The van der Waals surface area contributed by atoms with Gasteiger partial charge in [0.15, 0.2) is 0 Å². The molecule has 2 N–H and O–H groups in total. The van der Waals surface area contributed by atoms with Crippen LogP contribution < -0.4 is 5.32 Å². The van der Waals surface area contributed by atoms with Gasteiger partial charge in [-0.2, -0.15) is 13.2 Å². The highest BCUT2D eigenvalue weighted by Gasteiger charge is 2.43.